The van der Waals surface area contributed by atoms with Gasteiger partial charge in [-0.2, -0.15) is 0 Å². The standard InChI is InChI=1S/C34H31O3P/c1-26(28-16-6-3-7-17-28)31-22-12-14-24-33(31)36-38(35,30-20-10-5-11-21-30)37-34-25-15-13-23-32(34)27(2)29-18-8-4-9-19-29/h3-27H,1-2H3. The predicted octanol–water partition coefficient (Wildman–Crippen LogP) is 8.97. The van der Waals surface area contributed by atoms with E-state index >= 15 is 0 Å². The highest BCUT2D eigenvalue weighted by Gasteiger charge is 2.34. The molecular formula is C34H31O3P. The summed E-state index contributed by atoms with van der Waals surface area (Å²) in [6.45, 7) is 4.26. The van der Waals surface area contributed by atoms with E-state index in [0.717, 1.165) is 22.3 Å². The molecule has 5 aromatic rings. The molecule has 2 atom stereocenters. The summed E-state index contributed by atoms with van der Waals surface area (Å²) in [4.78, 5) is 0. The van der Waals surface area contributed by atoms with Crippen molar-refractivity contribution in [1.29, 1.82) is 0 Å². The van der Waals surface area contributed by atoms with Crippen LogP contribution in [0.5, 0.6) is 11.5 Å². The van der Waals surface area contributed by atoms with Crippen LogP contribution in [0.3, 0.4) is 0 Å². The number of rotatable bonds is 9. The molecule has 38 heavy (non-hydrogen) atoms. The van der Waals surface area contributed by atoms with Gasteiger partial charge in [-0.05, 0) is 35.4 Å². The van der Waals surface area contributed by atoms with Crippen LogP contribution in [0, 0.1) is 0 Å². The van der Waals surface area contributed by atoms with Gasteiger partial charge in [-0.3, -0.25) is 0 Å². The van der Waals surface area contributed by atoms with Crippen LogP contribution in [0.4, 0.5) is 0 Å². The topological polar surface area (TPSA) is 35.5 Å². The van der Waals surface area contributed by atoms with E-state index in [1.54, 1.807) is 12.1 Å². The van der Waals surface area contributed by atoms with Gasteiger partial charge in [0.25, 0.3) is 0 Å². The van der Waals surface area contributed by atoms with Crippen LogP contribution in [-0.4, -0.2) is 0 Å². The lowest BCUT2D eigenvalue weighted by atomic mass is 9.93. The van der Waals surface area contributed by atoms with Gasteiger partial charge in [-0.1, -0.05) is 129 Å². The Morgan fingerprint density at radius 2 is 0.816 bits per heavy atom. The second-order valence-corrected chi connectivity index (χ2v) is 11.2. The molecule has 0 amide bonds. The minimum Gasteiger partial charge on any atom is -0.412 e. The van der Waals surface area contributed by atoms with Crippen LogP contribution in [0.25, 0.3) is 0 Å². The average Bonchev–Trinajstić information content (AvgIpc) is 2.98. The van der Waals surface area contributed by atoms with E-state index in [-0.39, 0.29) is 11.8 Å². The zero-order valence-corrected chi connectivity index (χ0v) is 22.5. The van der Waals surface area contributed by atoms with Gasteiger partial charge in [0.1, 0.15) is 11.5 Å². The van der Waals surface area contributed by atoms with Crippen molar-refractivity contribution in [2.75, 3.05) is 0 Å². The minimum absolute atomic E-state index is 0.0435. The molecule has 4 heteroatoms. The third-order valence-electron chi connectivity index (χ3n) is 6.88. The van der Waals surface area contributed by atoms with Crippen LogP contribution in [0.1, 0.15) is 47.9 Å². The molecule has 0 fully saturated rings. The van der Waals surface area contributed by atoms with Crippen molar-refractivity contribution < 1.29 is 13.6 Å². The Hall–Kier alpha value is -4.07. The van der Waals surface area contributed by atoms with E-state index in [4.69, 9.17) is 9.05 Å². The minimum atomic E-state index is -3.83. The van der Waals surface area contributed by atoms with Crippen LogP contribution in [-0.2, 0) is 4.57 Å². The Kier molecular flexibility index (Phi) is 7.77. The summed E-state index contributed by atoms with van der Waals surface area (Å²) in [6, 6.07) is 45.2. The molecule has 0 bridgehead atoms. The number of hydrogen-bond acceptors (Lipinski definition) is 3. The molecule has 3 nitrogen and oxygen atoms in total. The third-order valence-corrected chi connectivity index (χ3v) is 8.68. The van der Waals surface area contributed by atoms with Gasteiger partial charge in [-0.15, -0.1) is 0 Å². The van der Waals surface area contributed by atoms with Crippen LogP contribution in [0.2, 0.25) is 0 Å². The van der Waals surface area contributed by atoms with Gasteiger partial charge in [-0.25, -0.2) is 4.57 Å². The fraction of sp³-hybridized carbons (Fsp3) is 0.118. The Labute approximate surface area is 225 Å². The maximum absolute atomic E-state index is 14.7. The molecule has 0 N–H and O–H groups in total. The van der Waals surface area contributed by atoms with Crippen molar-refractivity contribution in [2.45, 2.75) is 25.7 Å². The maximum Gasteiger partial charge on any atom is 0.462 e. The molecule has 0 aliphatic heterocycles. The smallest absolute Gasteiger partial charge is 0.412 e. The summed E-state index contributed by atoms with van der Waals surface area (Å²) >= 11 is 0. The summed E-state index contributed by atoms with van der Waals surface area (Å²) in [6.07, 6.45) is 0. The average molecular weight is 519 g/mol. The molecule has 0 radical (unpaired) electrons. The van der Waals surface area contributed by atoms with Crippen molar-refractivity contribution in [3.8, 4) is 11.5 Å². The van der Waals surface area contributed by atoms with Crippen molar-refractivity contribution in [2.24, 2.45) is 0 Å². The van der Waals surface area contributed by atoms with E-state index in [9.17, 15) is 4.57 Å². The lowest BCUT2D eigenvalue weighted by Gasteiger charge is -2.25. The second kappa shape index (κ2) is 11.5. The molecule has 0 spiro atoms. The largest absolute Gasteiger partial charge is 0.462 e. The Bertz CT molecular complexity index is 1420. The van der Waals surface area contributed by atoms with Crippen LogP contribution >= 0.6 is 7.60 Å². The molecule has 190 valence electrons. The first-order valence-electron chi connectivity index (χ1n) is 12.9. The summed E-state index contributed by atoms with van der Waals surface area (Å²) < 4.78 is 27.6. The van der Waals surface area contributed by atoms with Gasteiger partial charge in [0.05, 0.1) is 5.30 Å². The van der Waals surface area contributed by atoms with Crippen molar-refractivity contribution in [3.63, 3.8) is 0 Å². The lowest BCUT2D eigenvalue weighted by molar-refractivity contribution is 0.395. The van der Waals surface area contributed by atoms with Crippen molar-refractivity contribution in [1.82, 2.24) is 0 Å². The highest BCUT2D eigenvalue weighted by molar-refractivity contribution is 7.63. The summed E-state index contributed by atoms with van der Waals surface area (Å²) in [7, 11) is -3.83. The molecule has 0 saturated carbocycles. The molecule has 5 aromatic carbocycles. The molecule has 2 unspecified atom stereocenters. The van der Waals surface area contributed by atoms with Gasteiger partial charge < -0.3 is 9.05 Å². The van der Waals surface area contributed by atoms with Crippen molar-refractivity contribution >= 4 is 12.9 Å². The van der Waals surface area contributed by atoms with E-state index in [2.05, 4.69) is 38.1 Å². The molecule has 5 rings (SSSR count). The molecule has 0 heterocycles. The number of benzene rings is 5. The number of hydrogen-bond donors (Lipinski definition) is 0. The quantitative estimate of drug-likeness (QED) is 0.183. The summed E-state index contributed by atoms with van der Waals surface area (Å²) in [5, 5.41) is 0.504. The molecular weight excluding hydrogens is 487 g/mol. The molecule has 0 aromatic heterocycles. The zero-order valence-electron chi connectivity index (χ0n) is 21.6. The Morgan fingerprint density at radius 3 is 1.24 bits per heavy atom. The summed E-state index contributed by atoms with van der Waals surface area (Å²) in [5.41, 5.74) is 4.20. The predicted molar refractivity (Wildman–Crippen MR) is 156 cm³/mol. The van der Waals surface area contributed by atoms with E-state index in [0.29, 0.717) is 16.8 Å². The number of para-hydroxylation sites is 2. The first-order chi connectivity index (χ1) is 18.5. The van der Waals surface area contributed by atoms with Crippen LogP contribution < -0.4 is 14.4 Å². The first kappa shape index (κ1) is 25.6. The van der Waals surface area contributed by atoms with Gasteiger partial charge in [0.2, 0.25) is 0 Å². The zero-order chi connectivity index (χ0) is 26.4. The molecule has 0 aliphatic carbocycles. The second-order valence-electron chi connectivity index (χ2n) is 9.36. The Balaban J connectivity index is 1.55. The molecule has 0 saturated heterocycles. The fourth-order valence-corrected chi connectivity index (χ4v) is 6.31. The van der Waals surface area contributed by atoms with Gasteiger partial charge in [0.15, 0.2) is 0 Å². The Morgan fingerprint density at radius 1 is 0.474 bits per heavy atom. The highest BCUT2D eigenvalue weighted by atomic mass is 31.2. The first-order valence-corrected chi connectivity index (χ1v) is 14.4. The normalized spacial score (nSPS) is 14.2. The van der Waals surface area contributed by atoms with Crippen molar-refractivity contribution in [3.05, 3.63) is 162 Å². The van der Waals surface area contributed by atoms with E-state index in [1.165, 1.54) is 0 Å². The highest BCUT2D eigenvalue weighted by Crippen LogP contribution is 2.51. The van der Waals surface area contributed by atoms with E-state index < -0.39 is 7.60 Å². The molecule has 0 aliphatic rings. The van der Waals surface area contributed by atoms with E-state index in [1.807, 2.05) is 103 Å². The van der Waals surface area contributed by atoms with Gasteiger partial charge >= 0.3 is 7.60 Å². The maximum atomic E-state index is 14.7. The third kappa shape index (κ3) is 5.59. The lowest BCUT2D eigenvalue weighted by Crippen LogP contribution is -2.16. The van der Waals surface area contributed by atoms with Crippen LogP contribution in [0.15, 0.2) is 140 Å². The van der Waals surface area contributed by atoms with Gasteiger partial charge in [0, 0.05) is 23.0 Å². The fourth-order valence-electron chi connectivity index (χ4n) is 4.68. The summed E-state index contributed by atoms with van der Waals surface area (Å²) in [5.74, 6) is 1.18. The monoisotopic (exact) mass is 518 g/mol. The SMILES string of the molecule is CC(c1ccccc1)c1ccccc1OP(=O)(Oc1ccccc1C(C)c1ccccc1)c1ccccc1.